The maximum atomic E-state index is 11.7. The summed E-state index contributed by atoms with van der Waals surface area (Å²) in [5.41, 5.74) is 4.98. The maximum Gasteiger partial charge on any atom is 0.236 e. The number of nitrogens with two attached hydrogens (primary N) is 1. The number of hydrogen-bond donors (Lipinski definition) is 2. The molecule has 1 aliphatic rings. The Hall–Kier alpha value is -1.06. The largest absolute Gasteiger partial charge is 0.368 e. The summed E-state index contributed by atoms with van der Waals surface area (Å²) in [5, 5.41) is 2.58. The molecule has 0 heterocycles. The number of amides is 2. The van der Waals surface area contributed by atoms with Gasteiger partial charge < -0.3 is 11.1 Å². The molecular weight excluding hydrogens is 204 g/mol. The first kappa shape index (κ1) is 13.0. The van der Waals surface area contributed by atoms with Crippen molar-refractivity contribution < 1.29 is 9.59 Å². The molecule has 0 aromatic carbocycles. The number of rotatable bonds is 4. The molecular formula is C12H22N2O2. The van der Waals surface area contributed by atoms with E-state index in [-0.39, 0.29) is 18.4 Å². The molecule has 0 unspecified atom stereocenters. The second-order valence-corrected chi connectivity index (χ2v) is 5.04. The number of carbonyl (C=O) groups is 2. The zero-order valence-corrected chi connectivity index (χ0v) is 10.2. The Kier molecular flexibility index (Phi) is 4.77. The van der Waals surface area contributed by atoms with Crippen molar-refractivity contribution in [3.8, 4) is 0 Å². The van der Waals surface area contributed by atoms with Crippen molar-refractivity contribution >= 4 is 11.8 Å². The smallest absolute Gasteiger partial charge is 0.236 e. The summed E-state index contributed by atoms with van der Waals surface area (Å²) in [6.07, 6.45) is 4.11. The summed E-state index contributed by atoms with van der Waals surface area (Å²) in [6, 6.07) is 0. The maximum absolute atomic E-state index is 11.7. The molecule has 0 aromatic heterocycles. The monoisotopic (exact) mass is 226 g/mol. The normalized spacial score (nSPS) is 25.4. The number of nitrogens with one attached hydrogen (secondary N) is 1. The summed E-state index contributed by atoms with van der Waals surface area (Å²) in [7, 11) is 0. The minimum Gasteiger partial charge on any atom is -0.368 e. The molecule has 3 N–H and O–H groups in total. The van der Waals surface area contributed by atoms with E-state index in [9.17, 15) is 9.59 Å². The first-order valence-corrected chi connectivity index (χ1v) is 6.06. The van der Waals surface area contributed by atoms with Crippen molar-refractivity contribution in [1.29, 1.82) is 0 Å². The second-order valence-electron chi connectivity index (χ2n) is 5.04. The van der Waals surface area contributed by atoms with Crippen molar-refractivity contribution in [2.24, 2.45) is 23.5 Å². The third-order valence-corrected chi connectivity index (χ3v) is 3.52. The summed E-state index contributed by atoms with van der Waals surface area (Å²) in [4.78, 5) is 22.2. The summed E-state index contributed by atoms with van der Waals surface area (Å²) in [6.45, 7) is 4.43. The molecule has 0 bridgehead atoms. The molecule has 0 saturated heterocycles. The van der Waals surface area contributed by atoms with Crippen LogP contribution in [0.4, 0.5) is 0 Å². The number of hydrogen-bond acceptors (Lipinski definition) is 2. The molecule has 0 radical (unpaired) electrons. The molecule has 92 valence electrons. The van der Waals surface area contributed by atoms with Crippen LogP contribution in [0.25, 0.3) is 0 Å². The van der Waals surface area contributed by atoms with Crippen molar-refractivity contribution in [3.63, 3.8) is 0 Å². The Bertz CT molecular complexity index is 256. The van der Waals surface area contributed by atoms with Gasteiger partial charge in [0.15, 0.2) is 0 Å². The molecule has 1 saturated carbocycles. The van der Waals surface area contributed by atoms with Gasteiger partial charge in [0.05, 0.1) is 6.54 Å². The van der Waals surface area contributed by atoms with Crippen LogP contribution in [0.3, 0.4) is 0 Å². The first-order chi connectivity index (χ1) is 7.50. The Morgan fingerprint density at radius 3 is 2.25 bits per heavy atom. The Morgan fingerprint density at radius 1 is 1.25 bits per heavy atom. The van der Waals surface area contributed by atoms with Gasteiger partial charge in [-0.3, -0.25) is 9.59 Å². The van der Waals surface area contributed by atoms with E-state index in [1.165, 1.54) is 0 Å². The Morgan fingerprint density at radius 2 is 1.81 bits per heavy atom. The molecule has 0 atom stereocenters. The lowest BCUT2D eigenvalue weighted by Crippen LogP contribution is -2.38. The number of primary amides is 1. The van der Waals surface area contributed by atoms with Crippen molar-refractivity contribution in [3.05, 3.63) is 0 Å². The minimum absolute atomic E-state index is 0.0130. The van der Waals surface area contributed by atoms with Crippen molar-refractivity contribution in [1.82, 2.24) is 5.32 Å². The number of carbonyl (C=O) groups excluding carboxylic acids is 2. The molecule has 0 aromatic rings. The van der Waals surface area contributed by atoms with Crippen LogP contribution in [0.1, 0.15) is 39.5 Å². The molecule has 0 spiro atoms. The molecule has 16 heavy (non-hydrogen) atoms. The van der Waals surface area contributed by atoms with Gasteiger partial charge in [-0.25, -0.2) is 0 Å². The van der Waals surface area contributed by atoms with E-state index >= 15 is 0 Å². The zero-order chi connectivity index (χ0) is 12.1. The van der Waals surface area contributed by atoms with Gasteiger partial charge in [-0.15, -0.1) is 0 Å². The van der Waals surface area contributed by atoms with Gasteiger partial charge in [-0.1, -0.05) is 13.8 Å². The van der Waals surface area contributed by atoms with Gasteiger partial charge in [0.25, 0.3) is 0 Å². The quantitative estimate of drug-likeness (QED) is 0.752. The fourth-order valence-electron chi connectivity index (χ4n) is 2.37. The van der Waals surface area contributed by atoms with E-state index in [1.54, 1.807) is 0 Å². The fraction of sp³-hybridized carbons (Fsp3) is 0.833. The molecule has 4 heteroatoms. The van der Waals surface area contributed by atoms with Gasteiger partial charge >= 0.3 is 0 Å². The highest BCUT2D eigenvalue weighted by molar-refractivity contribution is 5.84. The van der Waals surface area contributed by atoms with E-state index in [4.69, 9.17) is 5.73 Å². The Labute approximate surface area is 97.0 Å². The molecule has 0 aliphatic heterocycles. The van der Waals surface area contributed by atoms with Crippen LogP contribution >= 0.6 is 0 Å². The van der Waals surface area contributed by atoms with Crippen molar-refractivity contribution in [2.45, 2.75) is 39.5 Å². The van der Waals surface area contributed by atoms with Gasteiger partial charge in [0.1, 0.15) is 0 Å². The standard InChI is InChI=1S/C12H22N2O2/c1-8(2)9-3-5-10(6-4-9)12(16)14-7-11(13)15/h8-10H,3-7H2,1-2H3,(H2,13,15)(H,14,16). The topological polar surface area (TPSA) is 72.2 Å². The van der Waals surface area contributed by atoms with Crippen LogP contribution in [-0.4, -0.2) is 18.4 Å². The lowest BCUT2D eigenvalue weighted by Gasteiger charge is -2.30. The fourth-order valence-corrected chi connectivity index (χ4v) is 2.37. The highest BCUT2D eigenvalue weighted by Crippen LogP contribution is 2.33. The average Bonchev–Trinajstić information content (AvgIpc) is 2.26. The van der Waals surface area contributed by atoms with Gasteiger partial charge in [0, 0.05) is 5.92 Å². The van der Waals surface area contributed by atoms with Crippen LogP contribution in [0.15, 0.2) is 0 Å². The minimum atomic E-state index is -0.482. The SMILES string of the molecule is CC(C)C1CCC(C(=O)NCC(N)=O)CC1. The predicted octanol–water partition coefficient (Wildman–Crippen LogP) is 1.05. The molecule has 2 amide bonds. The van der Waals surface area contributed by atoms with E-state index < -0.39 is 5.91 Å². The van der Waals surface area contributed by atoms with E-state index in [0.717, 1.165) is 31.6 Å². The van der Waals surface area contributed by atoms with Crippen LogP contribution in [0.5, 0.6) is 0 Å². The van der Waals surface area contributed by atoms with Crippen LogP contribution < -0.4 is 11.1 Å². The highest BCUT2D eigenvalue weighted by Gasteiger charge is 2.27. The molecule has 1 rings (SSSR count). The average molecular weight is 226 g/mol. The lowest BCUT2D eigenvalue weighted by molar-refractivity contribution is -0.128. The molecule has 1 aliphatic carbocycles. The van der Waals surface area contributed by atoms with E-state index in [1.807, 2.05) is 0 Å². The van der Waals surface area contributed by atoms with Crippen molar-refractivity contribution in [2.75, 3.05) is 6.54 Å². The molecule has 4 nitrogen and oxygen atoms in total. The lowest BCUT2D eigenvalue weighted by atomic mass is 9.77. The second kappa shape index (κ2) is 5.87. The van der Waals surface area contributed by atoms with Gasteiger partial charge in [-0.05, 0) is 37.5 Å². The third-order valence-electron chi connectivity index (χ3n) is 3.52. The first-order valence-electron chi connectivity index (χ1n) is 6.06. The highest BCUT2D eigenvalue weighted by atomic mass is 16.2. The summed E-state index contributed by atoms with van der Waals surface area (Å²) >= 11 is 0. The van der Waals surface area contributed by atoms with E-state index in [2.05, 4.69) is 19.2 Å². The third kappa shape index (κ3) is 3.83. The summed E-state index contributed by atoms with van der Waals surface area (Å²) in [5.74, 6) is 1.04. The van der Waals surface area contributed by atoms with Gasteiger partial charge in [-0.2, -0.15) is 0 Å². The Balaban J connectivity index is 2.30. The van der Waals surface area contributed by atoms with Gasteiger partial charge in [0.2, 0.25) is 11.8 Å². The predicted molar refractivity (Wildman–Crippen MR) is 62.5 cm³/mol. The van der Waals surface area contributed by atoms with Crippen LogP contribution in [0, 0.1) is 17.8 Å². The van der Waals surface area contributed by atoms with Crippen LogP contribution in [-0.2, 0) is 9.59 Å². The molecule has 1 fully saturated rings. The zero-order valence-electron chi connectivity index (χ0n) is 10.2. The van der Waals surface area contributed by atoms with Crippen LogP contribution in [0.2, 0.25) is 0 Å². The summed E-state index contributed by atoms with van der Waals surface area (Å²) < 4.78 is 0. The van der Waals surface area contributed by atoms with E-state index in [0.29, 0.717) is 5.92 Å².